The van der Waals surface area contributed by atoms with E-state index in [1.54, 1.807) is 32.6 Å². The van der Waals surface area contributed by atoms with Crippen molar-refractivity contribution in [3.8, 4) is 0 Å². The standard InChI is InChI=1S/C30H49N3O6/c1-10-13-19-33(28(36)25(20(4)11-2)32-29(37)39-30(7,8)9)26(24-21(5)15-14-16-22(24)6)27(35)31-18-17-23(34)38-12-3/h14-16,20,25-26H,10-13,17-19H2,1-9H3,(H,31,35)(H,32,37). The maximum atomic E-state index is 14.3. The molecular formula is C30H49N3O6. The van der Waals surface area contributed by atoms with E-state index in [1.807, 2.05) is 52.8 Å². The molecule has 0 spiro atoms. The van der Waals surface area contributed by atoms with E-state index in [2.05, 4.69) is 10.6 Å². The Labute approximate surface area is 234 Å². The third-order valence-corrected chi connectivity index (χ3v) is 6.50. The Hall–Kier alpha value is -3.10. The zero-order valence-electron chi connectivity index (χ0n) is 25.3. The van der Waals surface area contributed by atoms with Crippen LogP contribution in [0.1, 0.15) is 96.9 Å². The minimum Gasteiger partial charge on any atom is -0.466 e. The van der Waals surface area contributed by atoms with E-state index in [4.69, 9.17) is 9.47 Å². The number of nitrogens with one attached hydrogen (secondary N) is 2. The van der Waals surface area contributed by atoms with Gasteiger partial charge in [-0.1, -0.05) is 51.8 Å². The molecule has 1 aromatic carbocycles. The van der Waals surface area contributed by atoms with E-state index >= 15 is 0 Å². The van der Waals surface area contributed by atoms with Gasteiger partial charge in [-0.2, -0.15) is 0 Å². The lowest BCUT2D eigenvalue weighted by molar-refractivity contribution is -0.145. The highest BCUT2D eigenvalue weighted by Gasteiger charge is 2.38. The van der Waals surface area contributed by atoms with Crippen LogP contribution in [0.5, 0.6) is 0 Å². The molecule has 3 unspecified atom stereocenters. The Balaban J connectivity index is 3.52. The van der Waals surface area contributed by atoms with Gasteiger partial charge in [0.1, 0.15) is 17.7 Å². The second-order valence-corrected chi connectivity index (χ2v) is 10.9. The Morgan fingerprint density at radius 1 is 1.03 bits per heavy atom. The van der Waals surface area contributed by atoms with Crippen LogP contribution in [0, 0.1) is 19.8 Å². The van der Waals surface area contributed by atoms with Crippen molar-refractivity contribution in [2.75, 3.05) is 19.7 Å². The molecule has 0 fully saturated rings. The number of benzene rings is 1. The van der Waals surface area contributed by atoms with Crippen LogP contribution in [0.4, 0.5) is 4.79 Å². The Morgan fingerprint density at radius 3 is 2.15 bits per heavy atom. The second kappa shape index (κ2) is 16.1. The van der Waals surface area contributed by atoms with Gasteiger partial charge in [0.15, 0.2) is 0 Å². The van der Waals surface area contributed by atoms with Gasteiger partial charge in [0, 0.05) is 13.1 Å². The number of rotatable bonds is 14. The van der Waals surface area contributed by atoms with Gasteiger partial charge < -0.3 is 25.0 Å². The number of nitrogens with zero attached hydrogens (tertiary/aromatic N) is 1. The first-order chi connectivity index (χ1) is 18.3. The summed E-state index contributed by atoms with van der Waals surface area (Å²) in [6, 6.07) is 3.90. The highest BCUT2D eigenvalue weighted by atomic mass is 16.6. The number of carbonyl (C=O) groups excluding carboxylic acids is 4. The van der Waals surface area contributed by atoms with Crippen molar-refractivity contribution in [1.82, 2.24) is 15.5 Å². The second-order valence-electron chi connectivity index (χ2n) is 10.9. The van der Waals surface area contributed by atoms with Crippen LogP contribution in [-0.4, -0.2) is 60.1 Å². The molecule has 0 saturated carbocycles. The van der Waals surface area contributed by atoms with E-state index < -0.39 is 29.7 Å². The predicted molar refractivity (Wildman–Crippen MR) is 152 cm³/mol. The fourth-order valence-electron chi connectivity index (χ4n) is 4.30. The molecule has 9 nitrogen and oxygen atoms in total. The smallest absolute Gasteiger partial charge is 0.408 e. The van der Waals surface area contributed by atoms with Gasteiger partial charge in [-0.3, -0.25) is 14.4 Å². The SMILES string of the molecule is CCCCN(C(=O)C(NC(=O)OC(C)(C)C)C(C)CC)C(C(=O)NCCC(=O)OCC)c1c(C)cccc1C. The monoisotopic (exact) mass is 547 g/mol. The number of alkyl carbamates (subject to hydrolysis) is 1. The summed E-state index contributed by atoms with van der Waals surface area (Å²) in [5, 5.41) is 5.63. The number of esters is 1. The van der Waals surface area contributed by atoms with Crippen molar-refractivity contribution in [3.63, 3.8) is 0 Å². The Bertz CT molecular complexity index is 952. The summed E-state index contributed by atoms with van der Waals surface area (Å²) in [5.74, 6) is -1.35. The number of hydrogen-bond donors (Lipinski definition) is 2. The van der Waals surface area contributed by atoms with Crippen molar-refractivity contribution in [2.45, 2.75) is 106 Å². The molecule has 9 heteroatoms. The van der Waals surface area contributed by atoms with E-state index in [0.717, 1.165) is 23.1 Å². The first-order valence-electron chi connectivity index (χ1n) is 14.1. The average Bonchev–Trinajstić information content (AvgIpc) is 2.84. The first kappa shape index (κ1) is 33.9. The molecule has 0 aliphatic rings. The third kappa shape index (κ3) is 10.9. The molecule has 39 heavy (non-hydrogen) atoms. The van der Waals surface area contributed by atoms with Crippen molar-refractivity contribution < 1.29 is 28.7 Å². The lowest BCUT2D eigenvalue weighted by atomic mass is 9.91. The van der Waals surface area contributed by atoms with E-state index in [-0.39, 0.29) is 37.3 Å². The number of hydrogen-bond acceptors (Lipinski definition) is 6. The Kier molecular flexibility index (Phi) is 14.0. The molecule has 0 bridgehead atoms. The van der Waals surface area contributed by atoms with Gasteiger partial charge >= 0.3 is 12.1 Å². The van der Waals surface area contributed by atoms with E-state index in [0.29, 0.717) is 19.4 Å². The normalized spacial score (nSPS) is 13.6. The summed E-state index contributed by atoms with van der Waals surface area (Å²) in [5.41, 5.74) is 1.75. The van der Waals surface area contributed by atoms with Crippen molar-refractivity contribution in [1.29, 1.82) is 0 Å². The topological polar surface area (TPSA) is 114 Å². The summed E-state index contributed by atoms with van der Waals surface area (Å²) in [4.78, 5) is 54.2. The molecule has 220 valence electrons. The molecule has 0 radical (unpaired) electrons. The van der Waals surface area contributed by atoms with Crippen LogP contribution in [0.2, 0.25) is 0 Å². The van der Waals surface area contributed by atoms with Crippen LogP contribution in [0.15, 0.2) is 18.2 Å². The quantitative estimate of drug-likeness (QED) is 0.318. The van der Waals surface area contributed by atoms with Gasteiger partial charge in [-0.25, -0.2) is 4.79 Å². The zero-order chi connectivity index (χ0) is 29.8. The van der Waals surface area contributed by atoms with Crippen molar-refractivity contribution in [3.05, 3.63) is 34.9 Å². The summed E-state index contributed by atoms with van der Waals surface area (Å²) in [6.07, 6.45) is 1.45. The molecule has 1 rings (SSSR count). The number of ether oxygens (including phenoxy) is 2. The number of unbranched alkanes of at least 4 members (excludes halogenated alkanes) is 1. The third-order valence-electron chi connectivity index (χ3n) is 6.50. The summed E-state index contributed by atoms with van der Waals surface area (Å²) >= 11 is 0. The van der Waals surface area contributed by atoms with Crippen LogP contribution < -0.4 is 10.6 Å². The molecule has 0 saturated heterocycles. The summed E-state index contributed by atoms with van der Waals surface area (Å²) in [7, 11) is 0. The fraction of sp³-hybridized carbons (Fsp3) is 0.667. The number of aryl methyl sites for hydroxylation is 2. The summed E-state index contributed by atoms with van der Waals surface area (Å²) < 4.78 is 10.4. The van der Waals surface area contributed by atoms with Gasteiger partial charge in [0.2, 0.25) is 11.8 Å². The highest BCUT2D eigenvalue weighted by Crippen LogP contribution is 2.30. The largest absolute Gasteiger partial charge is 0.466 e. The highest BCUT2D eigenvalue weighted by molar-refractivity contribution is 5.93. The van der Waals surface area contributed by atoms with Crippen molar-refractivity contribution >= 4 is 23.9 Å². The van der Waals surface area contributed by atoms with E-state index in [1.165, 1.54) is 0 Å². The lowest BCUT2D eigenvalue weighted by Crippen LogP contribution is -2.55. The minimum atomic E-state index is -0.945. The Morgan fingerprint density at radius 2 is 1.64 bits per heavy atom. The maximum absolute atomic E-state index is 14.3. The maximum Gasteiger partial charge on any atom is 0.408 e. The lowest BCUT2D eigenvalue weighted by Gasteiger charge is -2.37. The van der Waals surface area contributed by atoms with Crippen LogP contribution in [0.25, 0.3) is 0 Å². The molecule has 3 atom stereocenters. The molecular weight excluding hydrogens is 498 g/mol. The predicted octanol–water partition coefficient (Wildman–Crippen LogP) is 4.98. The van der Waals surface area contributed by atoms with Crippen molar-refractivity contribution in [2.24, 2.45) is 5.92 Å². The van der Waals surface area contributed by atoms with Gasteiger partial charge in [-0.05, 0) is 70.6 Å². The number of carbonyl (C=O) groups is 4. The van der Waals surface area contributed by atoms with Gasteiger partial charge in [0.25, 0.3) is 0 Å². The van der Waals surface area contributed by atoms with Crippen LogP contribution >= 0.6 is 0 Å². The van der Waals surface area contributed by atoms with Crippen LogP contribution in [0.3, 0.4) is 0 Å². The molecule has 0 aromatic heterocycles. The van der Waals surface area contributed by atoms with Crippen LogP contribution in [-0.2, 0) is 23.9 Å². The molecule has 0 heterocycles. The van der Waals surface area contributed by atoms with E-state index in [9.17, 15) is 19.2 Å². The molecule has 1 aromatic rings. The summed E-state index contributed by atoms with van der Waals surface area (Å²) in [6.45, 7) is 17.4. The molecule has 2 N–H and O–H groups in total. The molecule has 3 amide bonds. The number of amides is 3. The minimum absolute atomic E-state index is 0.0255. The fourth-order valence-corrected chi connectivity index (χ4v) is 4.30. The zero-order valence-corrected chi connectivity index (χ0v) is 25.3. The van der Waals surface area contributed by atoms with Gasteiger partial charge in [0.05, 0.1) is 13.0 Å². The average molecular weight is 548 g/mol. The molecule has 0 aliphatic heterocycles. The first-order valence-corrected chi connectivity index (χ1v) is 14.1. The molecule has 0 aliphatic carbocycles. The van der Waals surface area contributed by atoms with Gasteiger partial charge in [-0.15, -0.1) is 0 Å².